The van der Waals surface area contributed by atoms with Gasteiger partial charge in [0.1, 0.15) is 11.5 Å². The molecule has 1 heterocycles. The van der Waals surface area contributed by atoms with Crippen LogP contribution in [0.3, 0.4) is 0 Å². The second kappa shape index (κ2) is 7.08. The van der Waals surface area contributed by atoms with E-state index in [9.17, 15) is 9.18 Å². The zero-order valence-electron chi connectivity index (χ0n) is 13.4. The lowest BCUT2D eigenvalue weighted by Crippen LogP contribution is -2.25. The summed E-state index contributed by atoms with van der Waals surface area (Å²) in [6.45, 7) is 2.58. The lowest BCUT2D eigenvalue weighted by Gasteiger charge is -2.05. The van der Waals surface area contributed by atoms with Crippen molar-refractivity contribution in [2.75, 3.05) is 6.54 Å². The summed E-state index contributed by atoms with van der Waals surface area (Å²) in [5.41, 5.74) is 3.10. The van der Waals surface area contributed by atoms with E-state index < -0.39 is 0 Å². The van der Waals surface area contributed by atoms with Crippen LogP contribution < -0.4 is 5.32 Å². The fraction of sp³-hybridized carbons (Fsp3) is 0.158. The molecule has 0 atom stereocenters. The summed E-state index contributed by atoms with van der Waals surface area (Å²) in [7, 11) is 0. The third-order valence-electron chi connectivity index (χ3n) is 3.73. The first-order valence-electron chi connectivity index (χ1n) is 7.77. The number of carbonyl (C=O) groups excluding carboxylic acids is 1. The van der Waals surface area contributed by atoms with Crippen molar-refractivity contribution in [1.82, 2.24) is 15.1 Å². The minimum atomic E-state index is -0.382. The predicted octanol–water partition coefficient (Wildman–Crippen LogP) is 3.29. The van der Waals surface area contributed by atoms with Crippen molar-refractivity contribution >= 4 is 5.91 Å². The molecule has 0 radical (unpaired) electrons. The molecule has 0 aliphatic rings. The molecule has 0 aliphatic heterocycles. The van der Waals surface area contributed by atoms with E-state index in [2.05, 4.69) is 16.5 Å². The topological polar surface area (TPSA) is 46.9 Å². The number of aromatic nitrogens is 2. The van der Waals surface area contributed by atoms with E-state index in [0.29, 0.717) is 17.8 Å². The molecule has 0 saturated carbocycles. The number of para-hydroxylation sites is 1. The largest absolute Gasteiger partial charge is 0.352 e. The highest BCUT2D eigenvalue weighted by atomic mass is 19.1. The Hall–Kier alpha value is -2.95. The normalized spacial score (nSPS) is 10.6. The van der Waals surface area contributed by atoms with Crippen LogP contribution in [0, 0.1) is 12.7 Å². The van der Waals surface area contributed by atoms with Crippen LogP contribution in [0.15, 0.2) is 60.9 Å². The third kappa shape index (κ3) is 3.68. The number of hydrogen-bond acceptors (Lipinski definition) is 2. The molecule has 122 valence electrons. The maximum Gasteiger partial charge on any atom is 0.254 e. The van der Waals surface area contributed by atoms with Crippen LogP contribution in [0.25, 0.3) is 5.69 Å². The fourth-order valence-corrected chi connectivity index (χ4v) is 2.50. The first-order chi connectivity index (χ1) is 11.6. The Labute approximate surface area is 139 Å². The first-order valence-corrected chi connectivity index (χ1v) is 7.77. The van der Waals surface area contributed by atoms with Gasteiger partial charge >= 0.3 is 0 Å². The molecular weight excluding hydrogens is 305 g/mol. The van der Waals surface area contributed by atoms with Crippen molar-refractivity contribution in [3.05, 3.63) is 83.4 Å². The maximum atomic E-state index is 13.7. The van der Waals surface area contributed by atoms with Gasteiger partial charge in [0.25, 0.3) is 5.91 Å². The summed E-state index contributed by atoms with van der Waals surface area (Å²) in [6, 6.07) is 14.5. The quantitative estimate of drug-likeness (QED) is 0.783. The van der Waals surface area contributed by atoms with E-state index >= 15 is 0 Å². The molecule has 0 bridgehead atoms. The second-order valence-electron chi connectivity index (χ2n) is 5.62. The lowest BCUT2D eigenvalue weighted by molar-refractivity contribution is 0.0954. The molecule has 0 aliphatic carbocycles. The number of hydrogen-bond donors (Lipinski definition) is 1. The Morgan fingerprint density at radius 1 is 1.21 bits per heavy atom. The molecule has 0 fully saturated rings. The summed E-state index contributed by atoms with van der Waals surface area (Å²) >= 11 is 0. The maximum absolute atomic E-state index is 13.7. The first kappa shape index (κ1) is 15.9. The SMILES string of the molecule is Cc1cccc(CCNC(=O)c2cnn(-c3ccccc3F)c2)c1. The van der Waals surface area contributed by atoms with Crippen molar-refractivity contribution in [1.29, 1.82) is 0 Å². The summed E-state index contributed by atoms with van der Waals surface area (Å²) in [5.74, 6) is -0.600. The Morgan fingerprint density at radius 2 is 2.04 bits per heavy atom. The van der Waals surface area contributed by atoms with Crippen molar-refractivity contribution < 1.29 is 9.18 Å². The Bertz CT molecular complexity index is 857. The molecule has 0 spiro atoms. The van der Waals surface area contributed by atoms with E-state index in [0.717, 1.165) is 6.42 Å². The van der Waals surface area contributed by atoms with Gasteiger partial charge in [-0.2, -0.15) is 5.10 Å². The van der Waals surface area contributed by atoms with E-state index in [-0.39, 0.29) is 11.7 Å². The number of nitrogens with one attached hydrogen (secondary N) is 1. The van der Waals surface area contributed by atoms with E-state index in [1.165, 1.54) is 34.3 Å². The number of amides is 1. The van der Waals surface area contributed by atoms with Crippen LogP contribution in [0.2, 0.25) is 0 Å². The average molecular weight is 323 g/mol. The summed E-state index contributed by atoms with van der Waals surface area (Å²) in [4.78, 5) is 12.2. The monoisotopic (exact) mass is 323 g/mol. The van der Waals surface area contributed by atoms with Gasteiger partial charge in [0, 0.05) is 12.7 Å². The molecule has 24 heavy (non-hydrogen) atoms. The minimum absolute atomic E-state index is 0.217. The molecule has 5 heteroatoms. The van der Waals surface area contributed by atoms with Crippen molar-refractivity contribution in [3.63, 3.8) is 0 Å². The van der Waals surface area contributed by atoms with Crippen LogP contribution in [0.5, 0.6) is 0 Å². The molecule has 1 amide bonds. The molecule has 0 unspecified atom stereocenters. The smallest absolute Gasteiger partial charge is 0.254 e. The van der Waals surface area contributed by atoms with Crippen molar-refractivity contribution in [2.24, 2.45) is 0 Å². The van der Waals surface area contributed by atoms with E-state index in [4.69, 9.17) is 0 Å². The number of benzene rings is 2. The number of rotatable bonds is 5. The van der Waals surface area contributed by atoms with Crippen LogP contribution in [0.1, 0.15) is 21.5 Å². The van der Waals surface area contributed by atoms with Gasteiger partial charge in [-0.3, -0.25) is 4.79 Å². The van der Waals surface area contributed by atoms with Crippen molar-refractivity contribution in [3.8, 4) is 5.69 Å². The molecule has 3 rings (SSSR count). The molecule has 4 nitrogen and oxygen atoms in total. The van der Waals surface area contributed by atoms with Crippen LogP contribution >= 0.6 is 0 Å². The average Bonchev–Trinajstić information content (AvgIpc) is 3.05. The molecular formula is C19H18FN3O. The minimum Gasteiger partial charge on any atom is -0.352 e. The lowest BCUT2D eigenvalue weighted by atomic mass is 10.1. The standard InChI is InChI=1S/C19H18FN3O/c1-14-5-4-6-15(11-14)9-10-21-19(24)16-12-22-23(13-16)18-8-3-2-7-17(18)20/h2-8,11-13H,9-10H2,1H3,(H,21,24). The second-order valence-corrected chi connectivity index (χ2v) is 5.62. The Morgan fingerprint density at radius 3 is 2.83 bits per heavy atom. The number of aryl methyl sites for hydroxylation is 1. The van der Waals surface area contributed by atoms with Gasteiger partial charge in [0.2, 0.25) is 0 Å². The summed E-state index contributed by atoms with van der Waals surface area (Å²) in [6.07, 6.45) is 3.73. The summed E-state index contributed by atoms with van der Waals surface area (Å²) < 4.78 is 15.1. The Balaban J connectivity index is 1.61. The van der Waals surface area contributed by atoms with Crippen molar-refractivity contribution in [2.45, 2.75) is 13.3 Å². The zero-order chi connectivity index (χ0) is 16.9. The van der Waals surface area contributed by atoms with Gasteiger partial charge in [0.05, 0.1) is 11.8 Å². The highest BCUT2D eigenvalue weighted by molar-refractivity contribution is 5.93. The van der Waals surface area contributed by atoms with Crippen LogP contribution in [-0.2, 0) is 6.42 Å². The highest BCUT2D eigenvalue weighted by Gasteiger charge is 2.11. The van der Waals surface area contributed by atoms with Gasteiger partial charge in [-0.05, 0) is 31.0 Å². The van der Waals surface area contributed by atoms with Crippen LogP contribution in [0.4, 0.5) is 4.39 Å². The van der Waals surface area contributed by atoms with Gasteiger partial charge < -0.3 is 5.32 Å². The van der Waals surface area contributed by atoms with Gasteiger partial charge in [0.15, 0.2) is 0 Å². The van der Waals surface area contributed by atoms with Gasteiger partial charge in [-0.15, -0.1) is 0 Å². The van der Waals surface area contributed by atoms with E-state index in [1.807, 2.05) is 25.1 Å². The fourth-order valence-electron chi connectivity index (χ4n) is 2.50. The molecule has 2 aromatic carbocycles. The zero-order valence-corrected chi connectivity index (χ0v) is 13.4. The molecule has 0 saturated heterocycles. The summed E-state index contributed by atoms with van der Waals surface area (Å²) in [5, 5.41) is 6.92. The van der Waals surface area contributed by atoms with E-state index in [1.54, 1.807) is 18.2 Å². The molecule has 1 N–H and O–H groups in total. The number of carbonyl (C=O) groups is 1. The highest BCUT2D eigenvalue weighted by Crippen LogP contribution is 2.12. The van der Waals surface area contributed by atoms with Crippen LogP contribution in [-0.4, -0.2) is 22.2 Å². The van der Waals surface area contributed by atoms with Gasteiger partial charge in [-0.25, -0.2) is 9.07 Å². The predicted molar refractivity (Wildman–Crippen MR) is 90.7 cm³/mol. The number of nitrogens with zero attached hydrogens (tertiary/aromatic N) is 2. The third-order valence-corrected chi connectivity index (χ3v) is 3.73. The molecule has 3 aromatic rings. The Kier molecular flexibility index (Phi) is 4.70. The molecule has 1 aromatic heterocycles. The number of halogens is 1. The van der Waals surface area contributed by atoms with Gasteiger partial charge in [-0.1, -0.05) is 42.0 Å².